The molecule has 0 radical (unpaired) electrons. The van der Waals surface area contributed by atoms with E-state index in [2.05, 4.69) is 38.9 Å². The molecule has 0 spiro atoms. The van der Waals surface area contributed by atoms with Crippen molar-refractivity contribution in [2.45, 2.75) is 6.54 Å². The molecule has 0 atom stereocenters. The van der Waals surface area contributed by atoms with Crippen molar-refractivity contribution in [2.75, 3.05) is 25.5 Å². The molecule has 0 aliphatic heterocycles. The van der Waals surface area contributed by atoms with Gasteiger partial charge in [-0.2, -0.15) is 0 Å². The fraction of sp³-hybridized carbons (Fsp3) is 0.222. The number of hydrogen-bond acceptors (Lipinski definition) is 4. The van der Waals surface area contributed by atoms with E-state index in [4.69, 9.17) is 0 Å². The van der Waals surface area contributed by atoms with Crippen LogP contribution in [0.2, 0.25) is 0 Å². The van der Waals surface area contributed by atoms with Crippen molar-refractivity contribution < 1.29 is 0 Å². The second-order valence-electron chi connectivity index (χ2n) is 5.54. The van der Waals surface area contributed by atoms with Gasteiger partial charge in [-0.05, 0) is 38.0 Å². The largest absolute Gasteiger partial charge is 0.382 e. The summed E-state index contributed by atoms with van der Waals surface area (Å²) in [5.74, 6) is 0.988. The first kappa shape index (κ1) is 15.2. The molecule has 3 rings (SSSR count). The highest BCUT2D eigenvalue weighted by atomic mass is 15.1. The molecule has 0 saturated carbocycles. The van der Waals surface area contributed by atoms with Crippen molar-refractivity contribution >= 4 is 29.1 Å². The maximum Gasteiger partial charge on any atom is 0.121 e. The van der Waals surface area contributed by atoms with E-state index in [1.54, 1.807) is 0 Å². The van der Waals surface area contributed by atoms with Gasteiger partial charge in [0.1, 0.15) is 5.82 Å². The Hall–Kier alpha value is -2.66. The molecule has 3 aromatic rings. The Morgan fingerprint density at radius 2 is 1.96 bits per heavy atom. The number of benzene rings is 2. The predicted molar refractivity (Wildman–Crippen MR) is 96.6 cm³/mol. The van der Waals surface area contributed by atoms with E-state index in [1.165, 1.54) is 0 Å². The molecule has 1 aromatic heterocycles. The van der Waals surface area contributed by atoms with Crippen LogP contribution in [-0.2, 0) is 6.54 Å². The van der Waals surface area contributed by atoms with Crippen LogP contribution < -0.4 is 5.32 Å². The molecule has 118 valence electrons. The summed E-state index contributed by atoms with van der Waals surface area (Å²) >= 11 is 0. The van der Waals surface area contributed by atoms with E-state index in [1.807, 2.05) is 48.5 Å². The minimum atomic E-state index is 0.789. The number of rotatable bonds is 7. The van der Waals surface area contributed by atoms with Crippen molar-refractivity contribution in [3.8, 4) is 0 Å². The number of H-pyrrole nitrogens is 1. The quantitative estimate of drug-likeness (QED) is 0.657. The zero-order chi connectivity index (χ0) is 16.1. The standard InChI is InChI=1S/C18H21N5/c1-19-14-7-3-4-8-15(14)20-11-12-23(2)13-18-21-16-9-5-6-10-17(16)22-18/h3-10,20H,1,11-13H2,2H3,(H,21,22). The van der Waals surface area contributed by atoms with E-state index < -0.39 is 0 Å². The molecule has 5 heteroatoms. The number of aliphatic imine (C=N–C) groups is 1. The van der Waals surface area contributed by atoms with Crippen molar-refractivity contribution in [3.63, 3.8) is 0 Å². The summed E-state index contributed by atoms with van der Waals surface area (Å²) in [6.45, 7) is 6.13. The molecule has 2 N–H and O–H groups in total. The summed E-state index contributed by atoms with van der Waals surface area (Å²) in [6.07, 6.45) is 0. The van der Waals surface area contributed by atoms with Crippen LogP contribution >= 0.6 is 0 Å². The molecule has 0 aliphatic carbocycles. The van der Waals surface area contributed by atoms with E-state index in [0.29, 0.717) is 0 Å². The number of likely N-dealkylation sites (N-methyl/N-ethyl adjacent to an activating group) is 1. The third kappa shape index (κ3) is 3.76. The molecular weight excluding hydrogens is 286 g/mol. The normalized spacial score (nSPS) is 11.0. The van der Waals surface area contributed by atoms with Crippen LogP contribution in [0.5, 0.6) is 0 Å². The second kappa shape index (κ2) is 7.07. The molecule has 0 aliphatic rings. The molecule has 0 fully saturated rings. The van der Waals surface area contributed by atoms with Crippen molar-refractivity contribution in [1.82, 2.24) is 14.9 Å². The molecule has 5 nitrogen and oxygen atoms in total. The molecule has 0 amide bonds. The topological polar surface area (TPSA) is 56.3 Å². The highest BCUT2D eigenvalue weighted by Crippen LogP contribution is 2.22. The van der Waals surface area contributed by atoms with Crippen molar-refractivity contribution in [3.05, 3.63) is 54.4 Å². The summed E-state index contributed by atoms with van der Waals surface area (Å²) in [5, 5.41) is 3.40. The number of aromatic amines is 1. The summed E-state index contributed by atoms with van der Waals surface area (Å²) in [7, 11) is 2.09. The van der Waals surface area contributed by atoms with Gasteiger partial charge >= 0.3 is 0 Å². The fourth-order valence-electron chi connectivity index (χ4n) is 2.56. The smallest absolute Gasteiger partial charge is 0.121 e. The highest BCUT2D eigenvalue weighted by molar-refractivity contribution is 5.74. The van der Waals surface area contributed by atoms with E-state index in [0.717, 1.165) is 47.9 Å². The second-order valence-corrected chi connectivity index (χ2v) is 5.54. The Morgan fingerprint density at radius 1 is 1.17 bits per heavy atom. The number of aromatic nitrogens is 2. The monoisotopic (exact) mass is 307 g/mol. The van der Waals surface area contributed by atoms with Crippen LogP contribution in [0.1, 0.15) is 5.82 Å². The van der Waals surface area contributed by atoms with Gasteiger partial charge in [0.05, 0.1) is 29.0 Å². The minimum absolute atomic E-state index is 0.789. The number of anilines is 1. The van der Waals surface area contributed by atoms with Gasteiger partial charge in [-0.25, -0.2) is 4.98 Å². The Morgan fingerprint density at radius 3 is 2.78 bits per heavy atom. The van der Waals surface area contributed by atoms with E-state index >= 15 is 0 Å². The lowest BCUT2D eigenvalue weighted by Gasteiger charge is -2.16. The van der Waals surface area contributed by atoms with Gasteiger partial charge in [0.2, 0.25) is 0 Å². The zero-order valence-corrected chi connectivity index (χ0v) is 13.3. The van der Waals surface area contributed by atoms with Crippen LogP contribution in [-0.4, -0.2) is 41.7 Å². The molecule has 0 unspecified atom stereocenters. The Labute approximate surface area is 136 Å². The van der Waals surface area contributed by atoms with Crippen LogP contribution in [0.15, 0.2) is 53.5 Å². The van der Waals surface area contributed by atoms with E-state index in [9.17, 15) is 0 Å². The summed E-state index contributed by atoms with van der Waals surface area (Å²) in [6, 6.07) is 16.0. The van der Waals surface area contributed by atoms with Gasteiger partial charge in [-0.3, -0.25) is 9.89 Å². The SMILES string of the molecule is C=Nc1ccccc1NCCN(C)Cc1nc2ccccc2[nH]1. The number of fused-ring (bicyclic) bond motifs is 1. The van der Waals surface area contributed by atoms with Gasteiger partial charge in [0, 0.05) is 13.1 Å². The Balaban J connectivity index is 1.53. The number of nitrogens with one attached hydrogen (secondary N) is 2. The molecule has 2 aromatic carbocycles. The highest BCUT2D eigenvalue weighted by Gasteiger charge is 2.06. The van der Waals surface area contributed by atoms with Gasteiger partial charge < -0.3 is 10.3 Å². The van der Waals surface area contributed by atoms with Crippen LogP contribution in [0.25, 0.3) is 11.0 Å². The zero-order valence-electron chi connectivity index (χ0n) is 13.3. The summed E-state index contributed by atoms with van der Waals surface area (Å²) in [4.78, 5) is 14.2. The maximum atomic E-state index is 4.61. The van der Waals surface area contributed by atoms with Crippen LogP contribution in [0, 0.1) is 0 Å². The lowest BCUT2D eigenvalue weighted by atomic mass is 10.2. The van der Waals surface area contributed by atoms with Crippen molar-refractivity contribution in [2.24, 2.45) is 4.99 Å². The van der Waals surface area contributed by atoms with Crippen LogP contribution in [0.3, 0.4) is 0 Å². The summed E-state index contributed by atoms with van der Waals surface area (Å²) < 4.78 is 0. The summed E-state index contributed by atoms with van der Waals surface area (Å²) in [5.41, 5.74) is 3.99. The lowest BCUT2D eigenvalue weighted by Crippen LogP contribution is -2.25. The Bertz CT molecular complexity index is 760. The minimum Gasteiger partial charge on any atom is -0.382 e. The van der Waals surface area contributed by atoms with Crippen molar-refractivity contribution in [1.29, 1.82) is 0 Å². The number of hydrogen-bond donors (Lipinski definition) is 2. The van der Waals surface area contributed by atoms with Gasteiger partial charge in [-0.15, -0.1) is 0 Å². The molecular formula is C18H21N5. The number of imidazole rings is 1. The van der Waals surface area contributed by atoms with Gasteiger partial charge in [-0.1, -0.05) is 24.3 Å². The Kier molecular flexibility index (Phi) is 4.68. The van der Waals surface area contributed by atoms with Gasteiger partial charge in [0.15, 0.2) is 0 Å². The molecule has 0 saturated heterocycles. The third-order valence-corrected chi connectivity index (χ3v) is 3.74. The number of nitrogens with zero attached hydrogens (tertiary/aromatic N) is 3. The first-order valence-corrected chi connectivity index (χ1v) is 7.68. The number of para-hydroxylation sites is 4. The maximum absolute atomic E-state index is 4.61. The average molecular weight is 307 g/mol. The third-order valence-electron chi connectivity index (χ3n) is 3.74. The fourth-order valence-corrected chi connectivity index (χ4v) is 2.56. The first-order chi connectivity index (χ1) is 11.3. The first-order valence-electron chi connectivity index (χ1n) is 7.68. The molecule has 0 bridgehead atoms. The molecule has 1 heterocycles. The average Bonchev–Trinajstić information content (AvgIpc) is 2.97. The van der Waals surface area contributed by atoms with Gasteiger partial charge in [0.25, 0.3) is 0 Å². The van der Waals surface area contributed by atoms with Crippen LogP contribution in [0.4, 0.5) is 11.4 Å². The molecule has 23 heavy (non-hydrogen) atoms. The lowest BCUT2D eigenvalue weighted by molar-refractivity contribution is 0.332. The van der Waals surface area contributed by atoms with E-state index in [-0.39, 0.29) is 0 Å². The predicted octanol–water partition coefficient (Wildman–Crippen LogP) is 3.44.